The number of carbonyl (C=O) groups is 2. The number of likely N-dealkylation sites (tertiary alicyclic amines) is 1. The van der Waals surface area contributed by atoms with E-state index in [4.69, 9.17) is 0 Å². The Balaban J connectivity index is 1.60. The van der Waals surface area contributed by atoms with Crippen molar-refractivity contribution in [3.8, 4) is 0 Å². The van der Waals surface area contributed by atoms with Crippen molar-refractivity contribution in [2.45, 2.75) is 72.4 Å². The van der Waals surface area contributed by atoms with Gasteiger partial charge in [0.05, 0.1) is 6.54 Å². The fraction of sp³-hybridized carbons (Fsp3) is 0.696. The van der Waals surface area contributed by atoms with E-state index in [-0.39, 0.29) is 11.8 Å². The van der Waals surface area contributed by atoms with Gasteiger partial charge >= 0.3 is 0 Å². The highest BCUT2D eigenvalue weighted by Gasteiger charge is 2.25. The third-order valence-corrected chi connectivity index (χ3v) is 6.45. The second-order valence-electron chi connectivity index (χ2n) is 8.72. The van der Waals surface area contributed by atoms with Gasteiger partial charge in [-0.3, -0.25) is 19.5 Å². The highest BCUT2D eigenvalue weighted by Crippen LogP contribution is 2.25. The van der Waals surface area contributed by atoms with Gasteiger partial charge < -0.3 is 10.2 Å². The third-order valence-electron chi connectivity index (χ3n) is 6.45. The lowest BCUT2D eigenvalue weighted by molar-refractivity contribution is -0.133. The van der Waals surface area contributed by atoms with E-state index >= 15 is 0 Å². The Bertz CT molecular complexity index is 728. The smallest absolute Gasteiger partial charge is 0.234 e. The first-order valence-electron chi connectivity index (χ1n) is 11.2. The predicted molar refractivity (Wildman–Crippen MR) is 114 cm³/mol. The average molecular weight is 401 g/mol. The molecule has 2 aliphatic heterocycles. The minimum Gasteiger partial charge on any atom is -0.351 e. The lowest BCUT2D eigenvalue weighted by Crippen LogP contribution is -2.40. The zero-order valence-electron chi connectivity index (χ0n) is 18.3. The molecule has 1 aromatic rings. The molecular formula is C23H36N4O2. The maximum Gasteiger partial charge on any atom is 0.234 e. The van der Waals surface area contributed by atoms with Crippen molar-refractivity contribution in [3.63, 3.8) is 0 Å². The second-order valence-corrected chi connectivity index (χ2v) is 8.72. The molecule has 6 heteroatoms. The van der Waals surface area contributed by atoms with Gasteiger partial charge in [0.25, 0.3) is 0 Å². The lowest BCUT2D eigenvalue weighted by atomic mass is 9.94. The van der Waals surface area contributed by atoms with Crippen LogP contribution in [0.25, 0.3) is 0 Å². The molecule has 2 aliphatic rings. The van der Waals surface area contributed by atoms with Crippen LogP contribution >= 0.6 is 0 Å². The molecule has 1 N–H and O–H groups in total. The third kappa shape index (κ3) is 5.78. The summed E-state index contributed by atoms with van der Waals surface area (Å²) < 4.78 is 0. The maximum absolute atomic E-state index is 12.6. The summed E-state index contributed by atoms with van der Waals surface area (Å²) >= 11 is 0. The molecule has 2 amide bonds. The van der Waals surface area contributed by atoms with Gasteiger partial charge in [0.1, 0.15) is 0 Å². The summed E-state index contributed by atoms with van der Waals surface area (Å²) in [6.45, 7) is 10.7. The number of piperidine rings is 1. The van der Waals surface area contributed by atoms with E-state index in [1.165, 1.54) is 24.8 Å². The van der Waals surface area contributed by atoms with Crippen molar-refractivity contribution in [2.75, 3.05) is 26.2 Å². The molecule has 0 bridgehead atoms. The van der Waals surface area contributed by atoms with Crippen LogP contribution in [0.2, 0.25) is 0 Å². The van der Waals surface area contributed by atoms with Gasteiger partial charge in [-0.15, -0.1) is 0 Å². The van der Waals surface area contributed by atoms with Crippen molar-refractivity contribution in [1.29, 1.82) is 0 Å². The minimum absolute atomic E-state index is 0.0880. The van der Waals surface area contributed by atoms with Crippen LogP contribution in [0.15, 0.2) is 6.20 Å². The molecule has 3 heterocycles. The number of hydrogen-bond donors (Lipinski definition) is 1. The van der Waals surface area contributed by atoms with Gasteiger partial charge in [-0.05, 0) is 61.9 Å². The van der Waals surface area contributed by atoms with Gasteiger partial charge in [-0.25, -0.2) is 0 Å². The summed E-state index contributed by atoms with van der Waals surface area (Å²) in [5.74, 6) is 0.748. The summed E-state index contributed by atoms with van der Waals surface area (Å²) in [4.78, 5) is 33.7. The fourth-order valence-corrected chi connectivity index (χ4v) is 4.30. The fourth-order valence-electron chi connectivity index (χ4n) is 4.30. The number of pyridine rings is 1. The first-order valence-corrected chi connectivity index (χ1v) is 11.2. The monoisotopic (exact) mass is 400 g/mol. The number of carbonyl (C=O) groups excluding carboxylic acids is 2. The topological polar surface area (TPSA) is 65.5 Å². The van der Waals surface area contributed by atoms with Crippen LogP contribution in [0.1, 0.15) is 68.3 Å². The summed E-state index contributed by atoms with van der Waals surface area (Å²) in [6.07, 6.45) is 8.04. The van der Waals surface area contributed by atoms with Gasteiger partial charge in [0.2, 0.25) is 11.8 Å². The molecule has 0 radical (unpaired) electrons. The Hall–Kier alpha value is -1.95. The molecule has 0 spiro atoms. The van der Waals surface area contributed by atoms with Crippen LogP contribution in [0, 0.1) is 12.8 Å². The largest absolute Gasteiger partial charge is 0.351 e. The van der Waals surface area contributed by atoms with E-state index in [0.717, 1.165) is 49.3 Å². The molecule has 1 unspecified atom stereocenters. The van der Waals surface area contributed by atoms with Gasteiger partial charge in [-0.2, -0.15) is 0 Å². The molecule has 29 heavy (non-hydrogen) atoms. The van der Waals surface area contributed by atoms with Gasteiger partial charge in [0.15, 0.2) is 0 Å². The lowest BCUT2D eigenvalue weighted by Gasteiger charge is -2.31. The molecule has 0 aliphatic carbocycles. The molecule has 1 fully saturated rings. The molecule has 1 saturated heterocycles. The van der Waals surface area contributed by atoms with Crippen molar-refractivity contribution in [1.82, 2.24) is 20.1 Å². The number of amides is 2. The van der Waals surface area contributed by atoms with Gasteiger partial charge in [-0.1, -0.05) is 26.7 Å². The van der Waals surface area contributed by atoms with Crippen LogP contribution in [0.3, 0.4) is 0 Å². The Morgan fingerprint density at radius 2 is 1.97 bits per heavy atom. The van der Waals surface area contributed by atoms with E-state index in [1.54, 1.807) is 0 Å². The molecule has 0 saturated carbocycles. The van der Waals surface area contributed by atoms with E-state index < -0.39 is 0 Å². The normalized spacial score (nSPS) is 18.2. The van der Waals surface area contributed by atoms with Crippen LogP contribution in [0.4, 0.5) is 0 Å². The number of nitrogens with zero attached hydrogens (tertiary/aromatic N) is 3. The van der Waals surface area contributed by atoms with E-state index in [9.17, 15) is 9.59 Å². The standard InChI is InChI=1S/C23H36N4O2/c1-4-17(2)12-23(29)27-11-8-20-19(15-27)13-24-18(3)21(20)14-25-22(28)16-26-9-6-5-7-10-26/h13,17H,4-12,14-16H2,1-3H3,(H,25,28). The number of fused-ring (bicyclic) bond motifs is 1. The average Bonchev–Trinajstić information content (AvgIpc) is 2.73. The molecular weight excluding hydrogens is 364 g/mol. The van der Waals surface area contributed by atoms with Crippen molar-refractivity contribution >= 4 is 11.8 Å². The number of rotatable bonds is 7. The number of aryl methyl sites for hydroxylation is 1. The zero-order valence-corrected chi connectivity index (χ0v) is 18.3. The second kappa shape index (κ2) is 10.2. The summed E-state index contributed by atoms with van der Waals surface area (Å²) in [7, 11) is 0. The molecule has 6 nitrogen and oxygen atoms in total. The zero-order chi connectivity index (χ0) is 20.8. The summed E-state index contributed by atoms with van der Waals surface area (Å²) in [6, 6.07) is 0. The van der Waals surface area contributed by atoms with Crippen LogP contribution in [-0.4, -0.2) is 52.8 Å². The van der Waals surface area contributed by atoms with Crippen LogP contribution < -0.4 is 5.32 Å². The van der Waals surface area contributed by atoms with Crippen molar-refractivity contribution in [3.05, 3.63) is 28.6 Å². The first-order chi connectivity index (χ1) is 14.0. The van der Waals surface area contributed by atoms with Gasteiger partial charge in [0, 0.05) is 37.9 Å². The molecule has 160 valence electrons. The molecule has 3 rings (SSSR count). The Morgan fingerprint density at radius 3 is 2.69 bits per heavy atom. The first kappa shape index (κ1) is 21.8. The van der Waals surface area contributed by atoms with Crippen molar-refractivity contribution < 1.29 is 9.59 Å². The minimum atomic E-state index is 0.0880. The Labute approximate surface area is 175 Å². The molecule has 1 aromatic heterocycles. The summed E-state index contributed by atoms with van der Waals surface area (Å²) in [5, 5.41) is 3.10. The summed E-state index contributed by atoms with van der Waals surface area (Å²) in [5.41, 5.74) is 4.49. The molecule has 0 aromatic carbocycles. The van der Waals surface area contributed by atoms with Crippen molar-refractivity contribution in [2.24, 2.45) is 5.92 Å². The highest BCUT2D eigenvalue weighted by atomic mass is 16.2. The Kier molecular flexibility index (Phi) is 7.64. The van der Waals surface area contributed by atoms with E-state index in [2.05, 4.69) is 29.0 Å². The van der Waals surface area contributed by atoms with Crippen LogP contribution in [0.5, 0.6) is 0 Å². The number of aromatic nitrogens is 1. The van der Waals surface area contributed by atoms with E-state index in [0.29, 0.717) is 32.0 Å². The predicted octanol–water partition coefficient (Wildman–Crippen LogP) is 2.81. The van der Waals surface area contributed by atoms with E-state index in [1.807, 2.05) is 18.0 Å². The maximum atomic E-state index is 12.6. The number of hydrogen-bond acceptors (Lipinski definition) is 4. The SMILES string of the molecule is CCC(C)CC(=O)N1CCc2c(cnc(C)c2CNC(=O)CN2CCCCC2)C1. The Morgan fingerprint density at radius 1 is 1.21 bits per heavy atom. The quantitative estimate of drug-likeness (QED) is 0.764. The highest BCUT2D eigenvalue weighted by molar-refractivity contribution is 5.78. The van der Waals surface area contributed by atoms with Crippen LogP contribution in [-0.2, 0) is 29.1 Å². The number of nitrogens with one attached hydrogen (secondary N) is 1. The molecule has 1 atom stereocenters.